The first-order valence-electron chi connectivity index (χ1n) is 11.9. The summed E-state index contributed by atoms with van der Waals surface area (Å²) >= 11 is 1.60. The maximum Gasteiger partial charge on any atom is 0.290 e. The smallest absolute Gasteiger partial charge is 0.290 e. The molecule has 2 aromatic heterocycles. The number of carboxylic acid groups (broad SMARTS) is 1. The van der Waals surface area contributed by atoms with E-state index in [9.17, 15) is 9.59 Å². The van der Waals surface area contributed by atoms with Gasteiger partial charge in [-0.25, -0.2) is 0 Å². The summed E-state index contributed by atoms with van der Waals surface area (Å²) in [4.78, 5) is 36.6. The summed E-state index contributed by atoms with van der Waals surface area (Å²) < 4.78 is 2.93. The normalized spacial score (nSPS) is 13.7. The highest BCUT2D eigenvalue weighted by molar-refractivity contribution is 7.17. The number of thiophene rings is 1. The van der Waals surface area contributed by atoms with Gasteiger partial charge < -0.3 is 19.9 Å². The summed E-state index contributed by atoms with van der Waals surface area (Å²) in [6.07, 6.45) is 6.59. The molecule has 2 amide bonds. The van der Waals surface area contributed by atoms with Crippen LogP contribution in [0.5, 0.6) is 0 Å². The van der Waals surface area contributed by atoms with Gasteiger partial charge in [0, 0.05) is 18.3 Å². The molecule has 182 valence electrons. The Hall–Kier alpha value is -3.13. The number of fused-ring (bicyclic) bond motifs is 1. The number of hydrogen-bond acceptors (Lipinski definition) is 4. The molecule has 2 N–H and O–H groups in total. The Bertz CT molecular complexity index is 1110. The maximum atomic E-state index is 13.3. The zero-order valence-electron chi connectivity index (χ0n) is 19.8. The van der Waals surface area contributed by atoms with Crippen LogP contribution in [0.4, 0.5) is 5.69 Å². The van der Waals surface area contributed by atoms with Crippen LogP contribution in [0.1, 0.15) is 62.0 Å². The third kappa shape index (κ3) is 6.05. The molecule has 1 aliphatic rings. The maximum absolute atomic E-state index is 13.3. The summed E-state index contributed by atoms with van der Waals surface area (Å²) in [7, 11) is 0. The molecule has 0 spiro atoms. The highest BCUT2D eigenvalue weighted by Gasteiger charge is 2.23. The van der Waals surface area contributed by atoms with Crippen LogP contribution >= 0.6 is 11.3 Å². The van der Waals surface area contributed by atoms with E-state index in [-0.39, 0.29) is 30.9 Å². The van der Waals surface area contributed by atoms with Gasteiger partial charge in [-0.2, -0.15) is 0 Å². The molecule has 2 heterocycles. The molecule has 4 rings (SSSR count). The van der Waals surface area contributed by atoms with Gasteiger partial charge in [0.05, 0.1) is 10.2 Å². The van der Waals surface area contributed by atoms with E-state index in [1.807, 2.05) is 41.1 Å². The van der Waals surface area contributed by atoms with Crippen molar-refractivity contribution in [3.8, 4) is 0 Å². The molecular formula is C26H33N3O4S. The molecule has 3 aromatic rings. The van der Waals surface area contributed by atoms with Crippen molar-refractivity contribution in [1.29, 1.82) is 0 Å². The van der Waals surface area contributed by atoms with Crippen molar-refractivity contribution >= 4 is 45.5 Å². The highest BCUT2D eigenvalue weighted by atomic mass is 32.1. The average molecular weight is 484 g/mol. The molecule has 0 aliphatic heterocycles. The number of aryl methyl sites for hydroxylation is 1. The molecule has 0 bridgehead atoms. The van der Waals surface area contributed by atoms with Gasteiger partial charge in [0.2, 0.25) is 5.91 Å². The van der Waals surface area contributed by atoms with E-state index in [2.05, 4.69) is 24.4 Å². The Kier molecular flexibility index (Phi) is 9.27. The van der Waals surface area contributed by atoms with Crippen LogP contribution in [0.3, 0.4) is 0 Å². The lowest BCUT2D eigenvalue weighted by Crippen LogP contribution is -2.38. The fourth-order valence-electron chi connectivity index (χ4n) is 4.51. The van der Waals surface area contributed by atoms with Crippen LogP contribution in [0, 0.1) is 0 Å². The number of aromatic nitrogens is 1. The van der Waals surface area contributed by atoms with Gasteiger partial charge in [0.15, 0.2) is 0 Å². The molecule has 0 saturated heterocycles. The minimum absolute atomic E-state index is 0.00818. The molecule has 1 fully saturated rings. The number of carbonyl (C=O) groups excluding carboxylic acids is 2. The van der Waals surface area contributed by atoms with E-state index in [4.69, 9.17) is 9.90 Å². The fourth-order valence-corrected chi connectivity index (χ4v) is 5.33. The number of hydrogen-bond donors (Lipinski definition) is 2. The summed E-state index contributed by atoms with van der Waals surface area (Å²) in [6, 6.07) is 12.3. The molecule has 1 aliphatic carbocycles. The van der Waals surface area contributed by atoms with Gasteiger partial charge in [-0.1, -0.05) is 38.3 Å². The summed E-state index contributed by atoms with van der Waals surface area (Å²) in [6.45, 7) is 4.59. The van der Waals surface area contributed by atoms with Crippen LogP contribution in [0.2, 0.25) is 0 Å². The number of benzene rings is 1. The number of anilines is 1. The van der Waals surface area contributed by atoms with Gasteiger partial charge in [0.1, 0.15) is 12.2 Å². The Morgan fingerprint density at radius 2 is 1.91 bits per heavy atom. The van der Waals surface area contributed by atoms with Crippen LogP contribution in [-0.2, 0) is 22.6 Å². The standard InChI is InChI=1S/C25H31N3O2S.CH2O2/c1-3-18-9-8-12-20(15-18)27(4-2)24(29)17-28-21-13-14-31-23(21)16-22(28)25(30)26-19-10-6-5-7-11-19;2-1-3/h8-9,12-16,19H,3-7,10-11,17H2,1-2H3,(H,26,30);1H,(H,2,3). The number of likely N-dealkylation sites (N-methyl/N-ethyl adjacent to an activating group) is 1. The van der Waals surface area contributed by atoms with Crippen LogP contribution in [0.25, 0.3) is 10.2 Å². The second-order valence-electron chi connectivity index (χ2n) is 8.36. The second kappa shape index (κ2) is 12.4. The van der Waals surface area contributed by atoms with Crippen molar-refractivity contribution < 1.29 is 19.5 Å². The van der Waals surface area contributed by atoms with E-state index < -0.39 is 0 Å². The Morgan fingerprint density at radius 3 is 2.59 bits per heavy atom. The third-order valence-electron chi connectivity index (χ3n) is 6.24. The fraction of sp³-hybridized carbons (Fsp3) is 0.423. The number of carbonyl (C=O) groups is 3. The minimum atomic E-state index is -0.250. The largest absolute Gasteiger partial charge is 0.483 e. The van der Waals surface area contributed by atoms with Crippen LogP contribution < -0.4 is 10.2 Å². The zero-order chi connectivity index (χ0) is 24.5. The van der Waals surface area contributed by atoms with E-state index in [1.165, 1.54) is 24.8 Å². The molecule has 0 unspecified atom stereocenters. The number of nitrogens with one attached hydrogen (secondary N) is 1. The highest BCUT2D eigenvalue weighted by Crippen LogP contribution is 2.27. The van der Waals surface area contributed by atoms with Crippen molar-refractivity contribution in [3.05, 3.63) is 53.0 Å². The lowest BCUT2D eigenvalue weighted by Gasteiger charge is -2.24. The third-order valence-corrected chi connectivity index (χ3v) is 7.09. The molecule has 0 atom stereocenters. The lowest BCUT2D eigenvalue weighted by atomic mass is 9.95. The number of rotatable bonds is 7. The minimum Gasteiger partial charge on any atom is -0.483 e. The van der Waals surface area contributed by atoms with Crippen molar-refractivity contribution in [2.75, 3.05) is 11.4 Å². The van der Waals surface area contributed by atoms with Gasteiger partial charge >= 0.3 is 0 Å². The van der Waals surface area contributed by atoms with Gasteiger partial charge in [-0.05, 0) is 61.4 Å². The van der Waals surface area contributed by atoms with E-state index >= 15 is 0 Å². The van der Waals surface area contributed by atoms with E-state index in [1.54, 1.807) is 16.2 Å². The Morgan fingerprint density at radius 1 is 1.18 bits per heavy atom. The van der Waals surface area contributed by atoms with Crippen LogP contribution in [0.15, 0.2) is 41.8 Å². The van der Waals surface area contributed by atoms with Gasteiger partial charge in [-0.15, -0.1) is 11.3 Å². The molecule has 34 heavy (non-hydrogen) atoms. The van der Waals surface area contributed by atoms with E-state index in [0.717, 1.165) is 35.2 Å². The summed E-state index contributed by atoms with van der Waals surface area (Å²) in [5, 5.41) is 12.1. The second-order valence-corrected chi connectivity index (χ2v) is 9.31. The first kappa shape index (κ1) is 25.5. The number of amides is 2. The first-order valence-corrected chi connectivity index (χ1v) is 12.7. The van der Waals surface area contributed by atoms with Gasteiger partial charge in [-0.3, -0.25) is 14.4 Å². The van der Waals surface area contributed by atoms with Crippen molar-refractivity contribution in [1.82, 2.24) is 9.88 Å². The predicted molar refractivity (Wildman–Crippen MR) is 137 cm³/mol. The number of nitrogens with zero attached hydrogens (tertiary/aromatic N) is 2. The molecular weight excluding hydrogens is 450 g/mol. The van der Waals surface area contributed by atoms with Crippen molar-refractivity contribution in [3.63, 3.8) is 0 Å². The summed E-state index contributed by atoms with van der Waals surface area (Å²) in [5.74, 6) is -0.0784. The monoisotopic (exact) mass is 483 g/mol. The molecule has 1 aromatic carbocycles. The predicted octanol–water partition coefficient (Wildman–Crippen LogP) is 5.08. The van der Waals surface area contributed by atoms with Crippen molar-refractivity contribution in [2.24, 2.45) is 0 Å². The average Bonchev–Trinajstić information content (AvgIpc) is 3.44. The Balaban J connectivity index is 0.00000103. The quantitative estimate of drug-likeness (QED) is 0.458. The SMILES string of the molecule is CCc1cccc(N(CC)C(=O)Cn2c(C(=O)NC3CCCCC3)cc3sccc32)c1.O=CO. The van der Waals surface area contributed by atoms with Crippen molar-refractivity contribution in [2.45, 2.75) is 65.0 Å². The lowest BCUT2D eigenvalue weighted by molar-refractivity contribution is -0.123. The summed E-state index contributed by atoms with van der Waals surface area (Å²) in [5.41, 5.74) is 3.65. The molecule has 8 heteroatoms. The van der Waals surface area contributed by atoms with E-state index in [0.29, 0.717) is 12.2 Å². The van der Waals surface area contributed by atoms with Gasteiger partial charge in [0.25, 0.3) is 12.4 Å². The topological polar surface area (TPSA) is 91.6 Å². The van der Waals surface area contributed by atoms with Crippen LogP contribution in [-0.4, -0.2) is 40.5 Å². The Labute approximate surface area is 204 Å². The molecule has 7 nitrogen and oxygen atoms in total. The first-order chi connectivity index (χ1) is 16.5. The molecule has 0 radical (unpaired) electrons. The molecule has 1 saturated carbocycles. The zero-order valence-corrected chi connectivity index (χ0v) is 20.6.